The first-order valence-electron chi connectivity index (χ1n) is 8.27. The number of carbonyl (C=O) groups is 1. The van der Waals surface area contributed by atoms with Gasteiger partial charge in [-0.15, -0.1) is 0 Å². The van der Waals surface area contributed by atoms with Crippen LogP contribution in [0.4, 0.5) is 5.69 Å². The number of nitrogens with zero attached hydrogens (tertiary/aromatic N) is 1. The summed E-state index contributed by atoms with van der Waals surface area (Å²) in [7, 11) is 0. The predicted molar refractivity (Wildman–Crippen MR) is 100 cm³/mol. The van der Waals surface area contributed by atoms with Gasteiger partial charge in [-0.25, -0.2) is 0 Å². The molecular weight excluding hydrogens is 320 g/mol. The summed E-state index contributed by atoms with van der Waals surface area (Å²) in [4.78, 5) is 14.3. The molecule has 0 bridgehead atoms. The van der Waals surface area contributed by atoms with Crippen molar-refractivity contribution in [3.05, 3.63) is 70.8 Å². The van der Waals surface area contributed by atoms with E-state index in [-0.39, 0.29) is 5.91 Å². The molecule has 3 nitrogen and oxygen atoms in total. The Morgan fingerprint density at radius 2 is 1.79 bits per heavy atom. The van der Waals surface area contributed by atoms with Gasteiger partial charge >= 0.3 is 0 Å². The first-order valence-corrected chi connectivity index (χ1v) is 8.64. The second kappa shape index (κ2) is 8.02. The van der Waals surface area contributed by atoms with Gasteiger partial charge in [0.1, 0.15) is 0 Å². The molecule has 124 valence electrons. The van der Waals surface area contributed by atoms with Crippen LogP contribution in [0.5, 0.6) is 0 Å². The fraction of sp³-hybridized carbons (Fsp3) is 0.250. The van der Waals surface area contributed by atoms with Gasteiger partial charge in [0.05, 0.1) is 0 Å². The van der Waals surface area contributed by atoms with Gasteiger partial charge in [0.15, 0.2) is 0 Å². The highest BCUT2D eigenvalue weighted by atomic mass is 35.5. The molecule has 0 aliphatic carbocycles. The maximum atomic E-state index is 11.9. The number of halogens is 1. The largest absolute Gasteiger partial charge is 0.372 e. The van der Waals surface area contributed by atoms with Crippen LogP contribution in [0.15, 0.2) is 54.6 Å². The number of hydrogen-bond donors (Lipinski definition) is 1. The van der Waals surface area contributed by atoms with Crippen LogP contribution < -0.4 is 10.2 Å². The van der Waals surface area contributed by atoms with Gasteiger partial charge in [0, 0.05) is 36.4 Å². The molecule has 24 heavy (non-hydrogen) atoms. The fourth-order valence-corrected chi connectivity index (χ4v) is 3.02. The molecular formula is C20H21ClN2O. The highest BCUT2D eigenvalue weighted by molar-refractivity contribution is 6.32. The summed E-state index contributed by atoms with van der Waals surface area (Å²) in [5.74, 6) is -0.126. The summed E-state index contributed by atoms with van der Waals surface area (Å²) in [6, 6.07) is 15.9. The van der Waals surface area contributed by atoms with Crippen molar-refractivity contribution >= 4 is 29.3 Å². The lowest BCUT2D eigenvalue weighted by Gasteiger charge is -2.17. The van der Waals surface area contributed by atoms with E-state index < -0.39 is 0 Å². The normalized spacial score (nSPS) is 14.3. The zero-order valence-electron chi connectivity index (χ0n) is 13.5. The highest BCUT2D eigenvalue weighted by Crippen LogP contribution is 2.20. The molecule has 1 N–H and O–H groups in total. The van der Waals surface area contributed by atoms with Gasteiger partial charge < -0.3 is 10.2 Å². The van der Waals surface area contributed by atoms with E-state index in [1.54, 1.807) is 12.1 Å². The maximum Gasteiger partial charge on any atom is 0.244 e. The van der Waals surface area contributed by atoms with E-state index in [1.807, 2.05) is 18.2 Å². The molecule has 1 aliphatic rings. The number of amides is 1. The van der Waals surface area contributed by atoms with Crippen molar-refractivity contribution in [1.82, 2.24) is 5.32 Å². The van der Waals surface area contributed by atoms with Crippen LogP contribution in [-0.2, 0) is 11.3 Å². The van der Waals surface area contributed by atoms with Gasteiger partial charge in [-0.05, 0) is 48.2 Å². The first-order chi connectivity index (χ1) is 11.7. The average molecular weight is 341 g/mol. The summed E-state index contributed by atoms with van der Waals surface area (Å²) in [6.07, 6.45) is 5.79. The minimum absolute atomic E-state index is 0.126. The van der Waals surface area contributed by atoms with E-state index in [4.69, 9.17) is 11.6 Å². The standard InChI is InChI=1S/C20H21ClN2O/c21-19-6-2-1-5-17(19)9-12-20(24)22-15-16-7-10-18(11-8-16)23-13-3-4-14-23/h1-2,5-12H,3-4,13-15H2,(H,22,24)/b12-9+. The zero-order valence-corrected chi connectivity index (χ0v) is 14.3. The highest BCUT2D eigenvalue weighted by Gasteiger charge is 2.11. The number of hydrogen-bond acceptors (Lipinski definition) is 2. The molecule has 1 saturated heterocycles. The lowest BCUT2D eigenvalue weighted by molar-refractivity contribution is -0.116. The number of carbonyl (C=O) groups excluding carboxylic acids is 1. The van der Waals surface area contributed by atoms with E-state index in [0.717, 1.165) is 24.2 Å². The van der Waals surface area contributed by atoms with Crippen LogP contribution in [0.1, 0.15) is 24.0 Å². The summed E-state index contributed by atoms with van der Waals surface area (Å²) in [6.45, 7) is 2.80. The molecule has 0 unspecified atom stereocenters. The number of rotatable bonds is 5. The van der Waals surface area contributed by atoms with Crippen molar-refractivity contribution in [1.29, 1.82) is 0 Å². The van der Waals surface area contributed by atoms with Gasteiger partial charge in [-0.1, -0.05) is 41.9 Å². The van der Waals surface area contributed by atoms with Crippen LogP contribution in [0.3, 0.4) is 0 Å². The molecule has 1 fully saturated rings. The molecule has 2 aromatic carbocycles. The Balaban J connectivity index is 1.51. The Labute approximate surface area is 147 Å². The van der Waals surface area contributed by atoms with Crippen LogP contribution in [0.2, 0.25) is 5.02 Å². The molecule has 2 aromatic rings. The molecule has 0 radical (unpaired) electrons. The Morgan fingerprint density at radius 1 is 1.08 bits per heavy atom. The molecule has 0 aromatic heterocycles. The quantitative estimate of drug-likeness (QED) is 0.824. The van der Waals surface area contributed by atoms with Crippen LogP contribution in [0.25, 0.3) is 6.08 Å². The van der Waals surface area contributed by atoms with Crippen LogP contribution >= 0.6 is 11.6 Å². The van der Waals surface area contributed by atoms with Gasteiger partial charge in [-0.2, -0.15) is 0 Å². The van der Waals surface area contributed by atoms with Crippen molar-refractivity contribution in [3.63, 3.8) is 0 Å². The maximum absolute atomic E-state index is 11.9. The third-order valence-electron chi connectivity index (χ3n) is 4.19. The van der Waals surface area contributed by atoms with Gasteiger partial charge in [-0.3, -0.25) is 4.79 Å². The molecule has 1 heterocycles. The van der Waals surface area contributed by atoms with Crippen molar-refractivity contribution in [2.24, 2.45) is 0 Å². The summed E-state index contributed by atoms with van der Waals surface area (Å²) >= 11 is 6.06. The minimum Gasteiger partial charge on any atom is -0.372 e. The molecule has 4 heteroatoms. The van der Waals surface area contributed by atoms with Crippen molar-refractivity contribution in [2.45, 2.75) is 19.4 Å². The fourth-order valence-electron chi connectivity index (χ4n) is 2.82. The van der Waals surface area contributed by atoms with Crippen LogP contribution in [0, 0.1) is 0 Å². The van der Waals surface area contributed by atoms with Crippen molar-refractivity contribution < 1.29 is 4.79 Å². The van der Waals surface area contributed by atoms with Crippen molar-refractivity contribution in [2.75, 3.05) is 18.0 Å². The van der Waals surface area contributed by atoms with E-state index in [2.05, 4.69) is 34.5 Å². The molecule has 0 atom stereocenters. The smallest absolute Gasteiger partial charge is 0.244 e. The van der Waals surface area contributed by atoms with Crippen LogP contribution in [-0.4, -0.2) is 19.0 Å². The predicted octanol–water partition coefficient (Wildman–Crippen LogP) is 4.27. The SMILES string of the molecule is O=C(/C=C/c1ccccc1Cl)NCc1ccc(N2CCCC2)cc1. The molecule has 0 spiro atoms. The zero-order chi connectivity index (χ0) is 16.8. The number of benzene rings is 2. The number of anilines is 1. The monoisotopic (exact) mass is 340 g/mol. The van der Waals surface area contributed by atoms with Crippen molar-refractivity contribution in [3.8, 4) is 0 Å². The molecule has 1 amide bonds. The third kappa shape index (κ3) is 4.39. The van der Waals surface area contributed by atoms with E-state index in [1.165, 1.54) is 24.6 Å². The van der Waals surface area contributed by atoms with Gasteiger partial charge in [0.2, 0.25) is 5.91 Å². The Bertz CT molecular complexity index is 719. The molecule has 1 aliphatic heterocycles. The summed E-state index contributed by atoms with van der Waals surface area (Å²) < 4.78 is 0. The van der Waals surface area contributed by atoms with E-state index in [0.29, 0.717) is 11.6 Å². The Hall–Kier alpha value is -2.26. The number of nitrogens with one attached hydrogen (secondary N) is 1. The third-order valence-corrected chi connectivity index (χ3v) is 4.54. The molecule has 3 rings (SSSR count). The summed E-state index contributed by atoms with van der Waals surface area (Å²) in [5, 5.41) is 3.53. The molecule has 0 saturated carbocycles. The Kier molecular flexibility index (Phi) is 5.55. The average Bonchev–Trinajstić information content (AvgIpc) is 3.14. The lowest BCUT2D eigenvalue weighted by Crippen LogP contribution is -2.20. The minimum atomic E-state index is -0.126. The van der Waals surface area contributed by atoms with E-state index >= 15 is 0 Å². The topological polar surface area (TPSA) is 32.3 Å². The second-order valence-electron chi connectivity index (χ2n) is 5.93. The second-order valence-corrected chi connectivity index (χ2v) is 6.34. The lowest BCUT2D eigenvalue weighted by atomic mass is 10.2. The first kappa shape index (κ1) is 16.6. The van der Waals surface area contributed by atoms with E-state index in [9.17, 15) is 4.79 Å². The Morgan fingerprint density at radius 3 is 2.50 bits per heavy atom. The van der Waals surface area contributed by atoms with Gasteiger partial charge in [0.25, 0.3) is 0 Å². The summed E-state index contributed by atoms with van der Waals surface area (Å²) in [5.41, 5.74) is 3.20.